The van der Waals surface area contributed by atoms with Crippen molar-refractivity contribution in [1.82, 2.24) is 4.90 Å². The molecule has 1 rings (SSSR count). The van der Waals surface area contributed by atoms with Gasteiger partial charge >= 0.3 is 5.97 Å². The highest BCUT2D eigenvalue weighted by molar-refractivity contribution is 5.98. The van der Waals surface area contributed by atoms with Crippen molar-refractivity contribution in [2.75, 3.05) is 19.8 Å². The molecule has 1 N–H and O–H groups in total. The number of nitrogens with zero attached hydrogens (tertiary/aromatic N) is 1. The minimum absolute atomic E-state index is 0.0758. The zero-order valence-electron chi connectivity index (χ0n) is 10.9. The molecular weight excluding hydrogens is 238 g/mol. The summed E-state index contributed by atoms with van der Waals surface area (Å²) in [5.41, 5.74) is -0.179. The van der Waals surface area contributed by atoms with Crippen molar-refractivity contribution in [2.24, 2.45) is 11.3 Å². The van der Waals surface area contributed by atoms with Crippen molar-refractivity contribution in [3.63, 3.8) is 0 Å². The normalized spacial score (nSPS) is 18.9. The van der Waals surface area contributed by atoms with Crippen LogP contribution in [0, 0.1) is 11.3 Å². The largest absolute Gasteiger partial charge is 0.481 e. The molecule has 18 heavy (non-hydrogen) atoms. The molecule has 1 atom stereocenters. The molecule has 1 saturated heterocycles. The van der Waals surface area contributed by atoms with Crippen LogP contribution in [0.1, 0.15) is 27.2 Å². The molecule has 102 valence electrons. The summed E-state index contributed by atoms with van der Waals surface area (Å²) in [6.07, 6.45) is 0.403. The van der Waals surface area contributed by atoms with Crippen LogP contribution in [0.5, 0.6) is 0 Å². The van der Waals surface area contributed by atoms with Crippen LogP contribution in [-0.4, -0.2) is 47.5 Å². The van der Waals surface area contributed by atoms with Gasteiger partial charge in [0.2, 0.25) is 0 Å². The highest BCUT2D eigenvalue weighted by Crippen LogP contribution is 2.25. The molecule has 0 aromatic carbocycles. The first kappa shape index (κ1) is 14.6. The van der Waals surface area contributed by atoms with Gasteiger partial charge in [-0.05, 0) is 11.8 Å². The fourth-order valence-electron chi connectivity index (χ4n) is 1.91. The lowest BCUT2D eigenvalue weighted by Crippen LogP contribution is -2.49. The van der Waals surface area contributed by atoms with Gasteiger partial charge in [0, 0.05) is 6.54 Å². The number of rotatable bonds is 4. The molecule has 0 aromatic rings. The highest BCUT2D eigenvalue weighted by Gasteiger charge is 2.33. The molecule has 0 saturated carbocycles. The summed E-state index contributed by atoms with van der Waals surface area (Å²) in [7, 11) is 0. The van der Waals surface area contributed by atoms with Crippen molar-refractivity contribution in [3.05, 3.63) is 0 Å². The van der Waals surface area contributed by atoms with E-state index in [0.29, 0.717) is 6.42 Å². The molecule has 1 aliphatic rings. The first-order chi connectivity index (χ1) is 8.20. The SMILES string of the molecule is CC(C)(C)CC(CN1C(=O)COCC1=O)C(=O)O. The maximum atomic E-state index is 11.5. The predicted octanol–water partition coefficient (Wildman–Crippen LogP) is 0.509. The van der Waals surface area contributed by atoms with E-state index in [0.717, 1.165) is 4.90 Å². The Morgan fingerprint density at radius 2 is 1.83 bits per heavy atom. The monoisotopic (exact) mass is 257 g/mol. The molecule has 0 spiro atoms. The molecule has 1 heterocycles. The van der Waals surface area contributed by atoms with Crippen LogP contribution in [0.15, 0.2) is 0 Å². The number of morpholine rings is 1. The zero-order chi connectivity index (χ0) is 13.9. The molecular formula is C12H19NO5. The Kier molecular flexibility index (Phi) is 4.45. The Balaban J connectivity index is 2.73. The van der Waals surface area contributed by atoms with Gasteiger partial charge in [-0.15, -0.1) is 0 Å². The predicted molar refractivity (Wildman–Crippen MR) is 62.7 cm³/mol. The molecule has 1 aliphatic heterocycles. The average molecular weight is 257 g/mol. The number of carbonyl (C=O) groups is 3. The van der Waals surface area contributed by atoms with E-state index in [4.69, 9.17) is 9.84 Å². The summed E-state index contributed by atoms with van der Waals surface area (Å²) in [6.45, 7) is 5.37. The lowest BCUT2D eigenvalue weighted by atomic mass is 9.84. The van der Waals surface area contributed by atoms with Gasteiger partial charge in [-0.2, -0.15) is 0 Å². The Hall–Kier alpha value is -1.43. The minimum atomic E-state index is -0.989. The van der Waals surface area contributed by atoms with Crippen LogP contribution < -0.4 is 0 Å². The van der Waals surface area contributed by atoms with Crippen molar-refractivity contribution >= 4 is 17.8 Å². The Morgan fingerprint density at radius 3 is 2.22 bits per heavy atom. The summed E-state index contributed by atoms with van der Waals surface area (Å²) in [4.78, 5) is 35.2. The molecule has 6 heteroatoms. The highest BCUT2D eigenvalue weighted by atomic mass is 16.5. The number of imide groups is 1. The summed E-state index contributed by atoms with van der Waals surface area (Å²) in [6, 6.07) is 0. The molecule has 1 unspecified atom stereocenters. The van der Waals surface area contributed by atoms with Gasteiger partial charge in [-0.25, -0.2) is 0 Å². The molecule has 0 radical (unpaired) electrons. The second-order valence-corrected chi connectivity index (χ2v) is 5.69. The summed E-state index contributed by atoms with van der Waals surface area (Å²) in [5, 5.41) is 9.16. The fourth-order valence-corrected chi connectivity index (χ4v) is 1.91. The van der Waals surface area contributed by atoms with E-state index in [2.05, 4.69) is 0 Å². The summed E-state index contributed by atoms with van der Waals surface area (Å²) >= 11 is 0. The molecule has 0 aromatic heterocycles. The van der Waals surface area contributed by atoms with Crippen LogP contribution in [0.4, 0.5) is 0 Å². The third-order valence-corrected chi connectivity index (χ3v) is 2.66. The third kappa shape index (κ3) is 4.10. The van der Waals surface area contributed by atoms with Crippen LogP contribution in [0.2, 0.25) is 0 Å². The first-order valence-electron chi connectivity index (χ1n) is 5.84. The summed E-state index contributed by atoms with van der Waals surface area (Å²) in [5.74, 6) is -2.66. The summed E-state index contributed by atoms with van der Waals surface area (Å²) < 4.78 is 4.78. The number of ether oxygens (including phenoxy) is 1. The molecule has 0 bridgehead atoms. The second-order valence-electron chi connectivity index (χ2n) is 5.69. The number of carboxylic acid groups (broad SMARTS) is 1. The molecule has 0 aliphatic carbocycles. The van der Waals surface area contributed by atoms with Gasteiger partial charge in [0.1, 0.15) is 13.2 Å². The van der Waals surface area contributed by atoms with E-state index in [9.17, 15) is 14.4 Å². The van der Waals surface area contributed by atoms with E-state index in [1.165, 1.54) is 0 Å². The zero-order valence-corrected chi connectivity index (χ0v) is 10.9. The Bertz CT molecular complexity index is 342. The lowest BCUT2D eigenvalue weighted by Gasteiger charge is -2.30. The smallest absolute Gasteiger partial charge is 0.308 e. The van der Waals surface area contributed by atoms with Gasteiger partial charge in [0.25, 0.3) is 11.8 Å². The molecule has 6 nitrogen and oxygen atoms in total. The number of hydrogen-bond donors (Lipinski definition) is 1. The molecule has 2 amide bonds. The number of amides is 2. The standard InChI is InChI=1S/C12H19NO5/c1-12(2,3)4-8(11(16)17)5-13-9(14)6-18-7-10(13)15/h8H,4-7H2,1-3H3,(H,16,17). The van der Waals surface area contributed by atoms with E-state index in [1.807, 2.05) is 20.8 Å². The van der Waals surface area contributed by atoms with Crippen LogP contribution >= 0.6 is 0 Å². The number of carboxylic acids is 1. The van der Waals surface area contributed by atoms with E-state index in [-0.39, 0.29) is 25.2 Å². The van der Waals surface area contributed by atoms with Crippen molar-refractivity contribution < 1.29 is 24.2 Å². The maximum absolute atomic E-state index is 11.5. The van der Waals surface area contributed by atoms with Crippen molar-refractivity contribution in [2.45, 2.75) is 27.2 Å². The van der Waals surface area contributed by atoms with Crippen molar-refractivity contribution in [1.29, 1.82) is 0 Å². The first-order valence-corrected chi connectivity index (χ1v) is 5.84. The quantitative estimate of drug-likeness (QED) is 0.742. The third-order valence-electron chi connectivity index (χ3n) is 2.66. The maximum Gasteiger partial charge on any atom is 0.308 e. The minimum Gasteiger partial charge on any atom is -0.481 e. The van der Waals surface area contributed by atoms with Gasteiger partial charge in [-0.1, -0.05) is 20.8 Å². The second kappa shape index (κ2) is 5.48. The number of aliphatic carboxylic acids is 1. The van der Waals surface area contributed by atoms with Crippen LogP contribution in [-0.2, 0) is 19.1 Å². The van der Waals surface area contributed by atoms with E-state index < -0.39 is 23.7 Å². The fraction of sp³-hybridized carbons (Fsp3) is 0.750. The molecule has 1 fully saturated rings. The number of carbonyl (C=O) groups excluding carboxylic acids is 2. The van der Waals surface area contributed by atoms with Crippen LogP contribution in [0.25, 0.3) is 0 Å². The van der Waals surface area contributed by atoms with E-state index in [1.54, 1.807) is 0 Å². The topological polar surface area (TPSA) is 83.9 Å². The number of hydrogen-bond acceptors (Lipinski definition) is 4. The lowest BCUT2D eigenvalue weighted by molar-refractivity contribution is -0.160. The average Bonchev–Trinajstić information content (AvgIpc) is 2.20. The van der Waals surface area contributed by atoms with Gasteiger partial charge in [0.15, 0.2) is 0 Å². The Morgan fingerprint density at radius 1 is 1.33 bits per heavy atom. The van der Waals surface area contributed by atoms with Gasteiger partial charge in [0.05, 0.1) is 5.92 Å². The van der Waals surface area contributed by atoms with E-state index >= 15 is 0 Å². The van der Waals surface area contributed by atoms with Crippen molar-refractivity contribution in [3.8, 4) is 0 Å². The van der Waals surface area contributed by atoms with Gasteiger partial charge < -0.3 is 9.84 Å². The van der Waals surface area contributed by atoms with Crippen LogP contribution in [0.3, 0.4) is 0 Å². The van der Waals surface area contributed by atoms with Gasteiger partial charge in [-0.3, -0.25) is 19.3 Å². The Labute approximate surface area is 106 Å².